The van der Waals surface area contributed by atoms with Crippen LogP contribution in [0.1, 0.15) is 25.7 Å². The highest BCUT2D eigenvalue weighted by molar-refractivity contribution is 7.14. The summed E-state index contributed by atoms with van der Waals surface area (Å²) in [4.78, 5) is 17.3. The number of rotatable bonds is 2. The first kappa shape index (κ1) is 12.1. The van der Waals surface area contributed by atoms with E-state index in [1.165, 1.54) is 23.5 Å². The summed E-state index contributed by atoms with van der Waals surface area (Å²) in [6.45, 7) is 3.99. The molecule has 0 amide bonds. The molecule has 0 aliphatic heterocycles. The van der Waals surface area contributed by atoms with Crippen LogP contribution < -0.4 is 0 Å². The highest BCUT2D eigenvalue weighted by Gasteiger charge is 2.17. The van der Waals surface area contributed by atoms with Crippen LogP contribution in [-0.2, 0) is 0 Å². The van der Waals surface area contributed by atoms with E-state index in [0.29, 0.717) is 11.1 Å². The molecule has 1 aromatic carbocycles. The molecule has 3 aromatic rings. The topological polar surface area (TPSA) is 32.9 Å². The second kappa shape index (κ2) is 4.31. The molecule has 2 heterocycles. The third-order valence-electron chi connectivity index (χ3n) is 3.28. The zero-order valence-corrected chi connectivity index (χ0v) is 11.4. The summed E-state index contributed by atoms with van der Waals surface area (Å²) in [6, 6.07) is 6.32. The number of hydrogen-bond acceptors (Lipinski definition) is 2. The first-order chi connectivity index (χ1) is 9.06. The molecule has 0 bridgehead atoms. The number of H-pyrrole nitrogens is 1. The molecule has 0 spiro atoms. The van der Waals surface area contributed by atoms with Gasteiger partial charge in [-0.1, -0.05) is 0 Å². The fraction of sp³-hybridized carbons (Fsp3) is 0.133. The highest BCUT2D eigenvalue weighted by Crippen LogP contribution is 2.27. The lowest BCUT2D eigenvalue weighted by atomic mass is 10.1. The van der Waals surface area contributed by atoms with Crippen LogP contribution in [0.2, 0.25) is 0 Å². The number of thiophene rings is 1. The smallest absolute Gasteiger partial charge is 0.205 e. The minimum atomic E-state index is -0.309. The quantitative estimate of drug-likeness (QED) is 0.697. The van der Waals surface area contributed by atoms with Gasteiger partial charge in [-0.2, -0.15) is 0 Å². The van der Waals surface area contributed by atoms with E-state index in [0.717, 1.165) is 20.7 Å². The van der Waals surface area contributed by atoms with Crippen molar-refractivity contribution in [3.63, 3.8) is 0 Å². The lowest BCUT2D eigenvalue weighted by Gasteiger charge is -1.96. The van der Waals surface area contributed by atoms with Gasteiger partial charge in [-0.05, 0) is 43.7 Å². The van der Waals surface area contributed by atoms with Gasteiger partial charge in [0.15, 0.2) is 0 Å². The number of carbonyl (C=O) groups is 1. The van der Waals surface area contributed by atoms with E-state index in [1.807, 2.05) is 19.9 Å². The number of aromatic nitrogens is 1. The number of nitrogens with one attached hydrogen (secondary N) is 1. The van der Waals surface area contributed by atoms with Gasteiger partial charge in [-0.3, -0.25) is 4.79 Å². The average Bonchev–Trinajstić information content (AvgIpc) is 2.93. The minimum Gasteiger partial charge on any atom is -0.360 e. The van der Waals surface area contributed by atoms with Crippen molar-refractivity contribution >= 4 is 28.0 Å². The van der Waals surface area contributed by atoms with Gasteiger partial charge in [0.1, 0.15) is 5.82 Å². The first-order valence-corrected chi connectivity index (χ1v) is 6.76. The van der Waals surface area contributed by atoms with E-state index in [2.05, 4.69) is 4.98 Å². The molecule has 2 nitrogen and oxygen atoms in total. The third-order valence-corrected chi connectivity index (χ3v) is 4.43. The molecule has 0 unspecified atom stereocenters. The van der Waals surface area contributed by atoms with Crippen molar-refractivity contribution in [2.45, 2.75) is 13.8 Å². The first-order valence-electron chi connectivity index (χ1n) is 5.94. The molecule has 96 valence electrons. The van der Waals surface area contributed by atoms with Crippen molar-refractivity contribution in [1.82, 2.24) is 4.98 Å². The number of aryl methyl sites for hydroxylation is 2. The van der Waals surface area contributed by atoms with Gasteiger partial charge in [0.25, 0.3) is 0 Å². The highest BCUT2D eigenvalue weighted by atomic mass is 32.1. The Kier molecular flexibility index (Phi) is 2.75. The van der Waals surface area contributed by atoms with Crippen LogP contribution in [-0.4, -0.2) is 10.8 Å². The van der Waals surface area contributed by atoms with Crippen LogP contribution in [0.15, 0.2) is 30.5 Å². The van der Waals surface area contributed by atoms with E-state index in [1.54, 1.807) is 12.3 Å². The van der Waals surface area contributed by atoms with Gasteiger partial charge < -0.3 is 4.98 Å². The van der Waals surface area contributed by atoms with Crippen molar-refractivity contribution in [2.75, 3.05) is 0 Å². The van der Waals surface area contributed by atoms with Crippen molar-refractivity contribution < 1.29 is 9.18 Å². The number of ketones is 1. The monoisotopic (exact) mass is 273 g/mol. The maximum absolute atomic E-state index is 13.1. The molecular formula is C15H12FNOS. The third kappa shape index (κ3) is 1.98. The number of aromatic amines is 1. The second-order valence-electron chi connectivity index (χ2n) is 4.57. The van der Waals surface area contributed by atoms with Gasteiger partial charge in [0.2, 0.25) is 5.78 Å². The predicted octanol–water partition coefficient (Wildman–Crippen LogP) is 4.22. The Labute approximate surface area is 113 Å². The fourth-order valence-electron chi connectivity index (χ4n) is 2.10. The van der Waals surface area contributed by atoms with Crippen molar-refractivity contribution in [1.29, 1.82) is 0 Å². The lowest BCUT2D eigenvalue weighted by molar-refractivity contribution is 0.104. The Morgan fingerprint density at radius 1 is 1.26 bits per heavy atom. The van der Waals surface area contributed by atoms with Crippen LogP contribution in [0, 0.1) is 19.7 Å². The molecular weight excluding hydrogens is 261 g/mol. The van der Waals surface area contributed by atoms with Gasteiger partial charge in [0.05, 0.1) is 4.88 Å². The minimum absolute atomic E-state index is 0.0148. The molecule has 0 atom stereocenters. The molecule has 0 aliphatic carbocycles. The summed E-state index contributed by atoms with van der Waals surface area (Å²) in [5.41, 5.74) is 2.36. The van der Waals surface area contributed by atoms with Crippen molar-refractivity contribution in [3.8, 4) is 0 Å². The molecule has 4 heteroatoms. The SMILES string of the molecule is Cc1cc(C(=O)c2c[nH]c3cc(F)ccc23)sc1C. The molecule has 1 N–H and O–H groups in total. The summed E-state index contributed by atoms with van der Waals surface area (Å²) in [6.07, 6.45) is 1.65. The standard InChI is InChI=1S/C15H12FNOS/c1-8-5-14(19-9(8)2)15(18)12-7-17-13-6-10(16)3-4-11(12)13/h3-7,17H,1-2H3. The molecule has 0 saturated heterocycles. The Balaban J connectivity index is 2.11. The maximum Gasteiger partial charge on any atom is 0.205 e. The summed E-state index contributed by atoms with van der Waals surface area (Å²) < 4.78 is 13.1. The van der Waals surface area contributed by atoms with E-state index in [4.69, 9.17) is 0 Å². The molecule has 2 aromatic heterocycles. The van der Waals surface area contributed by atoms with Gasteiger partial charge >= 0.3 is 0 Å². The summed E-state index contributed by atoms with van der Waals surface area (Å²) >= 11 is 1.49. The van der Waals surface area contributed by atoms with E-state index < -0.39 is 0 Å². The van der Waals surface area contributed by atoms with Crippen molar-refractivity contribution in [2.24, 2.45) is 0 Å². The number of carbonyl (C=O) groups excluding carboxylic acids is 1. The van der Waals surface area contributed by atoms with Crippen LogP contribution in [0.3, 0.4) is 0 Å². The number of halogens is 1. The second-order valence-corrected chi connectivity index (χ2v) is 5.83. The molecule has 0 aliphatic rings. The zero-order chi connectivity index (χ0) is 13.6. The Bertz CT molecular complexity index is 765. The van der Waals surface area contributed by atoms with Crippen LogP contribution in [0.25, 0.3) is 10.9 Å². The largest absolute Gasteiger partial charge is 0.360 e. The van der Waals surface area contributed by atoms with Crippen LogP contribution in [0.4, 0.5) is 4.39 Å². The molecule has 0 saturated carbocycles. The average molecular weight is 273 g/mol. The Morgan fingerprint density at radius 3 is 2.74 bits per heavy atom. The zero-order valence-electron chi connectivity index (χ0n) is 10.6. The summed E-state index contributed by atoms with van der Waals surface area (Å²) in [5.74, 6) is -0.324. The maximum atomic E-state index is 13.1. The Hall–Kier alpha value is -1.94. The molecule has 0 fully saturated rings. The van der Waals surface area contributed by atoms with Crippen molar-refractivity contribution in [3.05, 3.63) is 57.2 Å². The van der Waals surface area contributed by atoms with Crippen LogP contribution in [0.5, 0.6) is 0 Å². The summed E-state index contributed by atoms with van der Waals surface area (Å²) in [7, 11) is 0. The van der Waals surface area contributed by atoms with Gasteiger partial charge in [0, 0.05) is 27.5 Å². The van der Waals surface area contributed by atoms with Gasteiger partial charge in [-0.25, -0.2) is 4.39 Å². The van der Waals surface area contributed by atoms with Crippen LogP contribution >= 0.6 is 11.3 Å². The van der Waals surface area contributed by atoms with E-state index in [9.17, 15) is 9.18 Å². The van der Waals surface area contributed by atoms with Gasteiger partial charge in [-0.15, -0.1) is 11.3 Å². The number of fused-ring (bicyclic) bond motifs is 1. The fourth-order valence-corrected chi connectivity index (χ4v) is 3.09. The Morgan fingerprint density at radius 2 is 2.05 bits per heavy atom. The number of benzene rings is 1. The molecule has 3 rings (SSSR count). The van der Waals surface area contributed by atoms with E-state index in [-0.39, 0.29) is 11.6 Å². The van der Waals surface area contributed by atoms with E-state index >= 15 is 0 Å². The molecule has 0 radical (unpaired) electrons. The normalized spacial score (nSPS) is 11.1. The lowest BCUT2D eigenvalue weighted by Crippen LogP contribution is -1.96. The predicted molar refractivity (Wildman–Crippen MR) is 75.5 cm³/mol. The molecule has 19 heavy (non-hydrogen) atoms. The number of hydrogen-bond donors (Lipinski definition) is 1. The summed E-state index contributed by atoms with van der Waals surface area (Å²) in [5, 5.41) is 0.759.